The van der Waals surface area contributed by atoms with Gasteiger partial charge in [0.25, 0.3) is 0 Å². The van der Waals surface area contributed by atoms with E-state index in [2.05, 4.69) is 10.6 Å². The van der Waals surface area contributed by atoms with E-state index in [1.54, 1.807) is 43.5 Å². The van der Waals surface area contributed by atoms with Crippen LogP contribution >= 0.6 is 11.3 Å². The van der Waals surface area contributed by atoms with Crippen LogP contribution in [0.25, 0.3) is 0 Å². The Morgan fingerprint density at radius 3 is 2.46 bits per heavy atom. The number of hydrogen-bond acceptors (Lipinski definition) is 5. The van der Waals surface area contributed by atoms with E-state index in [1.165, 1.54) is 11.3 Å². The molecule has 28 heavy (non-hydrogen) atoms. The molecule has 8 heteroatoms. The molecule has 0 saturated heterocycles. The normalized spacial score (nSPS) is 13.6. The Morgan fingerprint density at radius 2 is 1.86 bits per heavy atom. The van der Waals surface area contributed by atoms with E-state index in [9.17, 15) is 18.0 Å². The number of amides is 2. The molecule has 2 amide bonds. The minimum absolute atomic E-state index is 0.134. The van der Waals surface area contributed by atoms with Crippen molar-refractivity contribution in [2.75, 3.05) is 6.54 Å². The number of carbonyl (C=O) groups excluding carboxylic acids is 2. The summed E-state index contributed by atoms with van der Waals surface area (Å²) in [6.45, 7) is 7.09. The molecule has 2 N–H and O–H groups in total. The van der Waals surface area contributed by atoms with Gasteiger partial charge in [0.1, 0.15) is 5.25 Å². The summed E-state index contributed by atoms with van der Waals surface area (Å²) < 4.78 is 26.7. The third-order valence-electron chi connectivity index (χ3n) is 4.53. The van der Waals surface area contributed by atoms with Gasteiger partial charge in [0.15, 0.2) is 9.84 Å². The summed E-state index contributed by atoms with van der Waals surface area (Å²) in [7, 11) is -3.76. The minimum Gasteiger partial charge on any atom is -0.346 e. The van der Waals surface area contributed by atoms with Crippen LogP contribution in [0.2, 0.25) is 0 Å². The second-order valence-electron chi connectivity index (χ2n) is 6.81. The number of rotatable bonds is 7. The minimum atomic E-state index is -3.76. The third-order valence-corrected chi connectivity index (χ3v) is 7.89. The van der Waals surface area contributed by atoms with Crippen LogP contribution in [0.5, 0.6) is 0 Å². The third kappa shape index (κ3) is 5.20. The molecule has 1 aromatic heterocycles. The quantitative estimate of drug-likeness (QED) is 0.671. The molecule has 0 aliphatic heterocycles. The van der Waals surface area contributed by atoms with E-state index in [1.807, 2.05) is 19.9 Å². The van der Waals surface area contributed by atoms with Gasteiger partial charge >= 0.3 is 11.8 Å². The van der Waals surface area contributed by atoms with Crippen molar-refractivity contribution in [2.24, 2.45) is 0 Å². The van der Waals surface area contributed by atoms with Crippen molar-refractivity contribution >= 4 is 33.0 Å². The molecular weight excluding hydrogens is 396 g/mol. The highest BCUT2D eigenvalue weighted by atomic mass is 32.2. The molecule has 0 aliphatic rings. The average molecular weight is 423 g/mol. The molecule has 6 nitrogen and oxygen atoms in total. The standard InChI is InChI=1S/C20H26N2O4S2/c1-5-15(4)22-20(24)19(23)21-12-18(16-7-6-10-27-16)28(25,26)17-11-13(2)8-9-14(17)3/h6-11,15,18H,5,12H2,1-4H3,(H,21,23)(H,22,24)/t15-,18+/m1/s1. The summed E-state index contributed by atoms with van der Waals surface area (Å²) >= 11 is 1.31. The maximum Gasteiger partial charge on any atom is 0.309 e. The van der Waals surface area contributed by atoms with Crippen molar-refractivity contribution in [3.8, 4) is 0 Å². The second kappa shape index (κ2) is 9.34. The van der Waals surface area contributed by atoms with Gasteiger partial charge in [0.2, 0.25) is 0 Å². The van der Waals surface area contributed by atoms with Crippen LogP contribution in [-0.2, 0) is 19.4 Å². The molecule has 0 radical (unpaired) electrons. The number of benzene rings is 1. The van der Waals surface area contributed by atoms with E-state index in [4.69, 9.17) is 0 Å². The molecule has 0 saturated carbocycles. The zero-order valence-electron chi connectivity index (χ0n) is 16.5. The monoisotopic (exact) mass is 422 g/mol. The van der Waals surface area contributed by atoms with E-state index < -0.39 is 26.9 Å². The molecule has 2 atom stereocenters. The molecule has 0 aliphatic carbocycles. The maximum atomic E-state index is 13.4. The molecular formula is C20H26N2O4S2. The predicted octanol–water partition coefficient (Wildman–Crippen LogP) is 2.91. The summed E-state index contributed by atoms with van der Waals surface area (Å²) in [6.07, 6.45) is 0.692. The van der Waals surface area contributed by atoms with E-state index in [0.29, 0.717) is 16.9 Å². The Kier molecular flexibility index (Phi) is 7.37. The lowest BCUT2D eigenvalue weighted by Gasteiger charge is -2.19. The van der Waals surface area contributed by atoms with Crippen molar-refractivity contribution in [2.45, 2.75) is 50.3 Å². The Morgan fingerprint density at radius 1 is 1.14 bits per heavy atom. The van der Waals surface area contributed by atoms with Gasteiger partial charge in [0.05, 0.1) is 4.90 Å². The van der Waals surface area contributed by atoms with Gasteiger partial charge in [-0.15, -0.1) is 11.3 Å². The van der Waals surface area contributed by atoms with Crippen molar-refractivity contribution in [1.82, 2.24) is 10.6 Å². The molecule has 0 bridgehead atoms. The lowest BCUT2D eigenvalue weighted by atomic mass is 10.2. The van der Waals surface area contributed by atoms with Crippen molar-refractivity contribution in [3.63, 3.8) is 0 Å². The highest BCUT2D eigenvalue weighted by Crippen LogP contribution is 2.33. The fourth-order valence-electron chi connectivity index (χ4n) is 2.66. The van der Waals surface area contributed by atoms with Crippen LogP contribution in [0, 0.1) is 13.8 Å². The highest BCUT2D eigenvalue weighted by molar-refractivity contribution is 7.92. The van der Waals surface area contributed by atoms with E-state index in [-0.39, 0.29) is 17.5 Å². The topological polar surface area (TPSA) is 92.3 Å². The Bertz CT molecular complexity index is 937. The molecule has 2 rings (SSSR count). The Balaban J connectivity index is 2.28. The molecule has 0 unspecified atom stereocenters. The SMILES string of the molecule is CC[C@@H](C)NC(=O)C(=O)NC[C@@H](c1cccs1)S(=O)(=O)c1cc(C)ccc1C. The van der Waals surface area contributed by atoms with Crippen LogP contribution in [0.4, 0.5) is 0 Å². The lowest BCUT2D eigenvalue weighted by molar-refractivity contribution is -0.139. The fraction of sp³-hybridized carbons (Fsp3) is 0.400. The van der Waals surface area contributed by atoms with Crippen LogP contribution in [0.1, 0.15) is 41.5 Å². The van der Waals surface area contributed by atoms with Gasteiger partial charge in [-0.3, -0.25) is 9.59 Å². The molecule has 0 fully saturated rings. The van der Waals surface area contributed by atoms with Crippen molar-refractivity contribution in [3.05, 3.63) is 51.7 Å². The van der Waals surface area contributed by atoms with Gasteiger partial charge in [0, 0.05) is 17.5 Å². The first kappa shape index (κ1) is 22.1. The lowest BCUT2D eigenvalue weighted by Crippen LogP contribution is -2.45. The van der Waals surface area contributed by atoms with Gasteiger partial charge in [-0.1, -0.05) is 25.1 Å². The van der Waals surface area contributed by atoms with Gasteiger partial charge in [-0.05, 0) is 55.8 Å². The average Bonchev–Trinajstić information content (AvgIpc) is 3.17. The van der Waals surface area contributed by atoms with Gasteiger partial charge in [-0.25, -0.2) is 8.42 Å². The van der Waals surface area contributed by atoms with E-state index >= 15 is 0 Å². The largest absolute Gasteiger partial charge is 0.346 e. The maximum absolute atomic E-state index is 13.4. The van der Waals surface area contributed by atoms with Crippen LogP contribution < -0.4 is 10.6 Å². The summed E-state index contributed by atoms with van der Waals surface area (Å²) in [5, 5.41) is 5.89. The van der Waals surface area contributed by atoms with Gasteiger partial charge < -0.3 is 10.6 Å². The highest BCUT2D eigenvalue weighted by Gasteiger charge is 2.32. The zero-order chi connectivity index (χ0) is 20.9. The fourth-order valence-corrected chi connectivity index (χ4v) is 5.78. The number of aryl methyl sites for hydroxylation is 2. The van der Waals surface area contributed by atoms with Crippen LogP contribution in [-0.4, -0.2) is 32.8 Å². The molecule has 1 aromatic carbocycles. The predicted molar refractivity (Wildman–Crippen MR) is 111 cm³/mol. The van der Waals surface area contributed by atoms with Crippen molar-refractivity contribution < 1.29 is 18.0 Å². The van der Waals surface area contributed by atoms with Gasteiger partial charge in [-0.2, -0.15) is 0 Å². The smallest absolute Gasteiger partial charge is 0.309 e. The first-order valence-electron chi connectivity index (χ1n) is 9.10. The molecule has 2 aromatic rings. The number of sulfone groups is 1. The zero-order valence-corrected chi connectivity index (χ0v) is 18.1. The molecule has 0 spiro atoms. The first-order valence-corrected chi connectivity index (χ1v) is 11.5. The van der Waals surface area contributed by atoms with E-state index in [0.717, 1.165) is 5.56 Å². The Labute approximate surface area is 170 Å². The summed E-state index contributed by atoms with van der Waals surface area (Å²) in [4.78, 5) is 25.0. The first-order chi connectivity index (χ1) is 13.2. The van der Waals surface area contributed by atoms with Crippen LogP contribution in [0.15, 0.2) is 40.6 Å². The number of carbonyl (C=O) groups is 2. The second-order valence-corrected chi connectivity index (χ2v) is 9.89. The molecule has 1 heterocycles. The summed E-state index contributed by atoms with van der Waals surface area (Å²) in [5.74, 6) is -1.60. The Hall–Kier alpha value is -2.19. The van der Waals surface area contributed by atoms with Crippen LogP contribution in [0.3, 0.4) is 0 Å². The number of nitrogens with one attached hydrogen (secondary N) is 2. The van der Waals surface area contributed by atoms with Crippen molar-refractivity contribution in [1.29, 1.82) is 0 Å². The summed E-state index contributed by atoms with van der Waals surface area (Å²) in [5.41, 5.74) is 1.49. The number of thiophene rings is 1. The summed E-state index contributed by atoms with van der Waals surface area (Å²) in [6, 6.07) is 8.63. The number of hydrogen-bond donors (Lipinski definition) is 2. The molecule has 152 valence electrons.